The Labute approximate surface area is 154 Å². The van der Waals surface area contributed by atoms with Gasteiger partial charge in [-0.05, 0) is 38.3 Å². The second-order valence-electron chi connectivity index (χ2n) is 6.81. The average Bonchev–Trinajstić information content (AvgIpc) is 3.15. The number of hydrogen-bond acceptors (Lipinski definition) is 5. The van der Waals surface area contributed by atoms with Crippen LogP contribution in [0, 0.1) is 18.8 Å². The molecule has 26 heavy (non-hydrogen) atoms. The molecule has 1 aliphatic heterocycles. The predicted octanol–water partition coefficient (Wildman–Crippen LogP) is 2.88. The summed E-state index contributed by atoms with van der Waals surface area (Å²) in [7, 11) is 0. The number of anilines is 1. The summed E-state index contributed by atoms with van der Waals surface area (Å²) in [5, 5.41) is 3.24. The first-order valence-electron chi connectivity index (χ1n) is 8.66. The molecule has 3 atom stereocenters. The van der Waals surface area contributed by atoms with Crippen molar-refractivity contribution in [3.05, 3.63) is 35.9 Å². The summed E-state index contributed by atoms with van der Waals surface area (Å²) in [6.07, 6.45) is 5.00. The molecule has 0 bridgehead atoms. The number of aryl methyl sites for hydroxylation is 1. The van der Waals surface area contributed by atoms with Crippen LogP contribution in [0.15, 0.2) is 30.4 Å². The van der Waals surface area contributed by atoms with E-state index in [-0.39, 0.29) is 23.7 Å². The number of carbonyl (C=O) groups excluding carboxylic acids is 3. The van der Waals surface area contributed by atoms with Gasteiger partial charge in [-0.25, -0.2) is 4.98 Å². The van der Waals surface area contributed by atoms with Crippen LogP contribution in [0.1, 0.15) is 25.3 Å². The molecule has 1 saturated heterocycles. The molecule has 2 aromatic rings. The van der Waals surface area contributed by atoms with Crippen LogP contribution in [-0.4, -0.2) is 33.6 Å². The van der Waals surface area contributed by atoms with Crippen molar-refractivity contribution in [2.45, 2.75) is 32.7 Å². The summed E-state index contributed by atoms with van der Waals surface area (Å²) in [5.41, 5.74) is 1.89. The second kappa shape index (κ2) is 6.32. The number of amides is 3. The van der Waals surface area contributed by atoms with Gasteiger partial charge in [0.05, 0.1) is 22.1 Å². The van der Waals surface area contributed by atoms with E-state index < -0.39 is 11.9 Å². The molecule has 1 aromatic heterocycles. The van der Waals surface area contributed by atoms with Crippen LogP contribution in [-0.2, 0) is 14.4 Å². The molecule has 1 N–H and O–H groups in total. The van der Waals surface area contributed by atoms with Gasteiger partial charge in [0.25, 0.3) is 0 Å². The zero-order chi connectivity index (χ0) is 18.4. The first kappa shape index (κ1) is 16.9. The number of imide groups is 1. The Bertz CT molecular complexity index is 923. The van der Waals surface area contributed by atoms with Crippen LogP contribution in [0.4, 0.5) is 5.13 Å². The highest BCUT2D eigenvalue weighted by atomic mass is 32.1. The number of hydrogen-bond donors (Lipinski definition) is 1. The number of para-hydroxylation sites is 1. The molecule has 1 fully saturated rings. The lowest BCUT2D eigenvalue weighted by molar-refractivity contribution is -0.146. The van der Waals surface area contributed by atoms with Crippen LogP contribution >= 0.6 is 11.3 Å². The third kappa shape index (κ3) is 2.63. The second-order valence-corrected chi connectivity index (χ2v) is 7.84. The van der Waals surface area contributed by atoms with Gasteiger partial charge in [0.2, 0.25) is 17.7 Å². The van der Waals surface area contributed by atoms with E-state index in [4.69, 9.17) is 0 Å². The van der Waals surface area contributed by atoms with Crippen molar-refractivity contribution in [1.29, 1.82) is 0 Å². The first-order valence-corrected chi connectivity index (χ1v) is 9.48. The first-order chi connectivity index (χ1) is 12.5. The maximum atomic E-state index is 12.7. The Morgan fingerprint density at radius 2 is 1.88 bits per heavy atom. The minimum atomic E-state index is -0.853. The minimum absolute atomic E-state index is 0.243. The van der Waals surface area contributed by atoms with Gasteiger partial charge in [-0.2, -0.15) is 0 Å². The van der Waals surface area contributed by atoms with E-state index in [2.05, 4.69) is 10.3 Å². The lowest BCUT2D eigenvalue weighted by Gasteiger charge is -2.21. The number of allylic oxidation sites excluding steroid dienone is 2. The number of nitrogens with one attached hydrogen (secondary N) is 1. The van der Waals surface area contributed by atoms with E-state index >= 15 is 0 Å². The summed E-state index contributed by atoms with van der Waals surface area (Å²) in [5.74, 6) is -1.53. The van der Waals surface area contributed by atoms with Crippen molar-refractivity contribution < 1.29 is 14.4 Å². The molecule has 4 rings (SSSR count). The van der Waals surface area contributed by atoms with E-state index in [0.717, 1.165) is 20.7 Å². The summed E-state index contributed by atoms with van der Waals surface area (Å²) >= 11 is 1.38. The van der Waals surface area contributed by atoms with Crippen molar-refractivity contribution in [3.63, 3.8) is 0 Å². The van der Waals surface area contributed by atoms with E-state index in [1.54, 1.807) is 6.92 Å². The molecular formula is C19H19N3O3S. The fourth-order valence-corrected chi connectivity index (χ4v) is 4.62. The SMILES string of the molecule is Cc1cccc2sc(NC(=O)[C@H](C)N3C(=O)[C@H]4CC=CC[C@H]4C3=O)nc12. The summed E-state index contributed by atoms with van der Waals surface area (Å²) < 4.78 is 0.985. The van der Waals surface area contributed by atoms with Gasteiger partial charge in [0.1, 0.15) is 6.04 Å². The molecule has 134 valence electrons. The summed E-state index contributed by atoms with van der Waals surface area (Å²) in [6.45, 7) is 3.56. The van der Waals surface area contributed by atoms with Crippen LogP contribution in [0.2, 0.25) is 0 Å². The highest BCUT2D eigenvalue weighted by molar-refractivity contribution is 7.22. The predicted molar refractivity (Wildman–Crippen MR) is 99.7 cm³/mol. The van der Waals surface area contributed by atoms with Gasteiger partial charge >= 0.3 is 0 Å². The monoisotopic (exact) mass is 369 g/mol. The van der Waals surface area contributed by atoms with E-state index in [1.165, 1.54) is 11.3 Å². The van der Waals surface area contributed by atoms with E-state index in [1.807, 2.05) is 37.3 Å². The molecular weight excluding hydrogens is 350 g/mol. The standard InChI is InChI=1S/C19H19N3O3S/c1-10-6-5-9-14-15(10)20-19(26-14)21-16(23)11(2)22-17(24)12-7-3-4-8-13(12)18(22)25/h3-6,9,11-13H,7-8H2,1-2H3,(H,20,21,23)/t11-,12-,13+/m0/s1. The molecule has 3 amide bonds. The van der Waals surface area contributed by atoms with Gasteiger partial charge in [0, 0.05) is 0 Å². The van der Waals surface area contributed by atoms with Crippen molar-refractivity contribution in [2.24, 2.45) is 11.8 Å². The highest BCUT2D eigenvalue weighted by Gasteiger charge is 2.50. The average molecular weight is 369 g/mol. The largest absolute Gasteiger partial charge is 0.300 e. The van der Waals surface area contributed by atoms with Crippen molar-refractivity contribution in [1.82, 2.24) is 9.88 Å². The number of rotatable bonds is 3. The number of aromatic nitrogens is 1. The highest BCUT2D eigenvalue weighted by Crippen LogP contribution is 2.36. The van der Waals surface area contributed by atoms with Crippen LogP contribution in [0.3, 0.4) is 0 Å². The molecule has 0 unspecified atom stereocenters. The van der Waals surface area contributed by atoms with Crippen molar-refractivity contribution in [3.8, 4) is 0 Å². The van der Waals surface area contributed by atoms with Gasteiger partial charge in [-0.3, -0.25) is 19.3 Å². The summed E-state index contributed by atoms with van der Waals surface area (Å²) in [6, 6.07) is 5.01. The lowest BCUT2D eigenvalue weighted by Crippen LogP contribution is -2.46. The topological polar surface area (TPSA) is 79.4 Å². The molecule has 1 aliphatic carbocycles. The molecule has 0 saturated carbocycles. The third-order valence-corrected chi connectivity index (χ3v) is 6.10. The maximum Gasteiger partial charge on any atom is 0.249 e. The number of likely N-dealkylation sites (tertiary alicyclic amines) is 1. The zero-order valence-electron chi connectivity index (χ0n) is 14.6. The Kier molecular flexibility index (Phi) is 4.11. The number of nitrogens with zero attached hydrogens (tertiary/aromatic N) is 2. The Balaban J connectivity index is 1.53. The van der Waals surface area contributed by atoms with E-state index in [0.29, 0.717) is 18.0 Å². The van der Waals surface area contributed by atoms with Crippen LogP contribution in [0.5, 0.6) is 0 Å². The fourth-order valence-electron chi connectivity index (χ4n) is 3.67. The Morgan fingerprint density at radius 1 is 1.23 bits per heavy atom. The smallest absolute Gasteiger partial charge is 0.249 e. The van der Waals surface area contributed by atoms with Gasteiger partial charge < -0.3 is 5.32 Å². The maximum absolute atomic E-state index is 12.7. The number of thiazole rings is 1. The van der Waals surface area contributed by atoms with Crippen molar-refractivity contribution >= 4 is 44.4 Å². The number of benzene rings is 1. The van der Waals surface area contributed by atoms with Gasteiger partial charge in [0.15, 0.2) is 5.13 Å². The van der Waals surface area contributed by atoms with Crippen LogP contribution in [0.25, 0.3) is 10.2 Å². The Hall–Kier alpha value is -2.54. The molecule has 6 nitrogen and oxygen atoms in total. The summed E-state index contributed by atoms with van der Waals surface area (Å²) in [4.78, 5) is 43.5. The fraction of sp³-hybridized carbons (Fsp3) is 0.368. The lowest BCUT2D eigenvalue weighted by atomic mass is 9.85. The molecule has 7 heteroatoms. The van der Waals surface area contributed by atoms with Gasteiger partial charge in [-0.1, -0.05) is 35.6 Å². The zero-order valence-corrected chi connectivity index (χ0v) is 15.4. The number of carbonyl (C=O) groups is 3. The minimum Gasteiger partial charge on any atom is -0.300 e. The van der Waals surface area contributed by atoms with Crippen LogP contribution < -0.4 is 5.32 Å². The van der Waals surface area contributed by atoms with E-state index in [9.17, 15) is 14.4 Å². The molecule has 1 aromatic carbocycles. The van der Waals surface area contributed by atoms with Gasteiger partial charge in [-0.15, -0.1) is 0 Å². The number of fused-ring (bicyclic) bond motifs is 2. The molecule has 0 radical (unpaired) electrons. The Morgan fingerprint density at radius 3 is 2.50 bits per heavy atom. The third-order valence-electron chi connectivity index (χ3n) is 5.16. The molecule has 2 heterocycles. The molecule has 2 aliphatic rings. The van der Waals surface area contributed by atoms with Crippen molar-refractivity contribution in [2.75, 3.05) is 5.32 Å². The normalized spacial score (nSPS) is 23.4. The molecule has 0 spiro atoms. The quantitative estimate of drug-likeness (QED) is 0.666.